The van der Waals surface area contributed by atoms with E-state index in [9.17, 15) is 0 Å². The van der Waals surface area contributed by atoms with Crippen LogP contribution in [0.5, 0.6) is 0 Å². The Morgan fingerprint density at radius 3 is 2.82 bits per heavy atom. The molecule has 0 aliphatic carbocycles. The van der Waals surface area contributed by atoms with Gasteiger partial charge in [-0.2, -0.15) is 0 Å². The van der Waals surface area contributed by atoms with Crippen molar-refractivity contribution in [2.24, 2.45) is 0 Å². The van der Waals surface area contributed by atoms with Gasteiger partial charge in [0.2, 0.25) is 0 Å². The average molecular weight is 234 g/mol. The molecular formula is C14H22N2O. The molecule has 2 rings (SSSR count). The first-order valence-corrected chi connectivity index (χ1v) is 6.59. The summed E-state index contributed by atoms with van der Waals surface area (Å²) in [6.45, 7) is 7.29. The summed E-state index contributed by atoms with van der Waals surface area (Å²) in [5.41, 5.74) is 1.28. The summed E-state index contributed by atoms with van der Waals surface area (Å²) in [5.74, 6) is 1.11. The summed E-state index contributed by atoms with van der Waals surface area (Å²) in [6, 6.07) is 4.20. The highest BCUT2D eigenvalue weighted by Gasteiger charge is 2.20. The summed E-state index contributed by atoms with van der Waals surface area (Å²) in [6.07, 6.45) is 5.70. The van der Waals surface area contributed by atoms with Crippen LogP contribution >= 0.6 is 0 Å². The molecule has 1 aliphatic rings. The van der Waals surface area contributed by atoms with Crippen LogP contribution in [0.1, 0.15) is 31.7 Å². The SMILES string of the molecule is CCCOC1CCN(c2cc(C)ccn2)CC1. The number of aryl methyl sites for hydroxylation is 1. The molecule has 1 saturated heterocycles. The topological polar surface area (TPSA) is 25.4 Å². The van der Waals surface area contributed by atoms with Crippen molar-refractivity contribution in [3.8, 4) is 0 Å². The van der Waals surface area contributed by atoms with E-state index < -0.39 is 0 Å². The van der Waals surface area contributed by atoms with Gasteiger partial charge < -0.3 is 9.64 Å². The molecule has 0 spiro atoms. The fraction of sp³-hybridized carbons (Fsp3) is 0.643. The van der Waals surface area contributed by atoms with Gasteiger partial charge >= 0.3 is 0 Å². The number of piperidine rings is 1. The van der Waals surface area contributed by atoms with Gasteiger partial charge in [0.05, 0.1) is 6.10 Å². The molecule has 0 unspecified atom stereocenters. The first-order chi connectivity index (χ1) is 8.29. The molecular weight excluding hydrogens is 212 g/mol. The Kier molecular flexibility index (Phi) is 4.37. The Balaban J connectivity index is 1.86. The predicted molar refractivity (Wildman–Crippen MR) is 70.5 cm³/mol. The van der Waals surface area contributed by atoms with Crippen molar-refractivity contribution in [1.82, 2.24) is 4.98 Å². The lowest BCUT2D eigenvalue weighted by atomic mass is 10.1. The molecule has 94 valence electrons. The quantitative estimate of drug-likeness (QED) is 0.801. The van der Waals surface area contributed by atoms with Gasteiger partial charge in [-0.05, 0) is 43.9 Å². The molecule has 0 radical (unpaired) electrons. The molecule has 1 fully saturated rings. The first-order valence-electron chi connectivity index (χ1n) is 6.59. The molecule has 0 atom stereocenters. The minimum Gasteiger partial charge on any atom is -0.378 e. The van der Waals surface area contributed by atoms with Gasteiger partial charge in [0, 0.05) is 25.9 Å². The van der Waals surface area contributed by atoms with Gasteiger partial charge in [0.1, 0.15) is 5.82 Å². The van der Waals surface area contributed by atoms with E-state index in [1.165, 1.54) is 5.56 Å². The second kappa shape index (κ2) is 6.01. The normalized spacial score (nSPS) is 17.4. The largest absolute Gasteiger partial charge is 0.378 e. The van der Waals surface area contributed by atoms with Gasteiger partial charge in [-0.1, -0.05) is 6.92 Å². The number of anilines is 1. The lowest BCUT2D eigenvalue weighted by molar-refractivity contribution is 0.0374. The molecule has 3 heteroatoms. The van der Waals surface area contributed by atoms with Crippen LogP contribution in [0, 0.1) is 6.92 Å². The smallest absolute Gasteiger partial charge is 0.128 e. The van der Waals surface area contributed by atoms with Crippen molar-refractivity contribution in [2.75, 3.05) is 24.6 Å². The van der Waals surface area contributed by atoms with E-state index in [-0.39, 0.29) is 0 Å². The molecule has 0 N–H and O–H groups in total. The first kappa shape index (κ1) is 12.4. The lowest BCUT2D eigenvalue weighted by Gasteiger charge is -2.32. The average Bonchev–Trinajstić information content (AvgIpc) is 2.37. The third-order valence-electron chi connectivity index (χ3n) is 3.22. The molecule has 0 aromatic carbocycles. The van der Waals surface area contributed by atoms with Gasteiger partial charge in [0.15, 0.2) is 0 Å². The zero-order chi connectivity index (χ0) is 12.1. The summed E-state index contributed by atoms with van der Waals surface area (Å²) in [4.78, 5) is 6.80. The summed E-state index contributed by atoms with van der Waals surface area (Å²) in [7, 11) is 0. The summed E-state index contributed by atoms with van der Waals surface area (Å²) >= 11 is 0. The van der Waals surface area contributed by atoms with Crippen molar-refractivity contribution in [2.45, 2.75) is 39.2 Å². The lowest BCUT2D eigenvalue weighted by Crippen LogP contribution is -2.37. The zero-order valence-electron chi connectivity index (χ0n) is 10.9. The summed E-state index contributed by atoms with van der Waals surface area (Å²) < 4.78 is 5.79. The molecule has 1 aliphatic heterocycles. The van der Waals surface area contributed by atoms with Crippen LogP contribution < -0.4 is 4.90 Å². The number of pyridine rings is 1. The minimum atomic E-state index is 0.455. The van der Waals surface area contributed by atoms with Crippen molar-refractivity contribution in [3.63, 3.8) is 0 Å². The maximum absolute atomic E-state index is 5.79. The van der Waals surface area contributed by atoms with Crippen molar-refractivity contribution in [3.05, 3.63) is 23.9 Å². The van der Waals surface area contributed by atoms with Gasteiger partial charge in [-0.3, -0.25) is 0 Å². The minimum absolute atomic E-state index is 0.455. The Morgan fingerprint density at radius 1 is 1.41 bits per heavy atom. The van der Waals surface area contributed by atoms with Crippen molar-refractivity contribution in [1.29, 1.82) is 0 Å². The van der Waals surface area contributed by atoms with E-state index in [0.29, 0.717) is 6.10 Å². The third kappa shape index (κ3) is 3.43. The molecule has 1 aromatic rings. The zero-order valence-corrected chi connectivity index (χ0v) is 10.9. The second-order valence-corrected chi connectivity index (χ2v) is 4.75. The predicted octanol–water partition coefficient (Wildman–Crippen LogP) is 2.79. The second-order valence-electron chi connectivity index (χ2n) is 4.75. The molecule has 2 heterocycles. The highest BCUT2D eigenvalue weighted by Crippen LogP contribution is 2.20. The van der Waals surface area contributed by atoms with E-state index in [1.54, 1.807) is 0 Å². The third-order valence-corrected chi connectivity index (χ3v) is 3.22. The van der Waals surface area contributed by atoms with E-state index >= 15 is 0 Å². The van der Waals surface area contributed by atoms with Gasteiger partial charge in [0.25, 0.3) is 0 Å². The number of nitrogens with zero attached hydrogens (tertiary/aromatic N) is 2. The molecule has 0 amide bonds. The maximum atomic E-state index is 5.79. The van der Waals surface area contributed by atoms with E-state index in [2.05, 4.69) is 29.8 Å². The van der Waals surface area contributed by atoms with Crippen LogP contribution in [0.4, 0.5) is 5.82 Å². The Bertz CT molecular complexity index is 346. The highest BCUT2D eigenvalue weighted by atomic mass is 16.5. The fourth-order valence-electron chi connectivity index (χ4n) is 2.23. The number of rotatable bonds is 4. The van der Waals surface area contributed by atoms with Gasteiger partial charge in [-0.15, -0.1) is 0 Å². The Labute approximate surface area is 104 Å². The Hall–Kier alpha value is -1.09. The van der Waals surface area contributed by atoms with E-state index in [4.69, 9.17) is 4.74 Å². The molecule has 1 aromatic heterocycles. The van der Waals surface area contributed by atoms with Crippen LogP contribution in [0.2, 0.25) is 0 Å². The molecule has 3 nitrogen and oxygen atoms in total. The van der Waals surface area contributed by atoms with Crippen molar-refractivity contribution < 1.29 is 4.74 Å². The van der Waals surface area contributed by atoms with Crippen LogP contribution in [-0.4, -0.2) is 30.8 Å². The summed E-state index contributed by atoms with van der Waals surface area (Å²) in [5, 5.41) is 0. The monoisotopic (exact) mass is 234 g/mol. The van der Waals surface area contributed by atoms with E-state index in [1.807, 2.05) is 12.3 Å². The number of hydrogen-bond acceptors (Lipinski definition) is 3. The molecule has 0 bridgehead atoms. The maximum Gasteiger partial charge on any atom is 0.128 e. The number of ether oxygens (including phenoxy) is 1. The fourth-order valence-corrected chi connectivity index (χ4v) is 2.23. The molecule has 17 heavy (non-hydrogen) atoms. The standard InChI is InChI=1S/C14H22N2O/c1-3-10-17-13-5-8-16(9-6-13)14-11-12(2)4-7-15-14/h4,7,11,13H,3,5-6,8-10H2,1-2H3. The number of hydrogen-bond donors (Lipinski definition) is 0. The van der Waals surface area contributed by atoms with Gasteiger partial charge in [-0.25, -0.2) is 4.98 Å². The van der Waals surface area contributed by atoms with Crippen molar-refractivity contribution >= 4 is 5.82 Å². The van der Waals surface area contributed by atoms with Crippen LogP contribution in [0.25, 0.3) is 0 Å². The van der Waals surface area contributed by atoms with Crippen LogP contribution in [0.3, 0.4) is 0 Å². The van der Waals surface area contributed by atoms with Crippen LogP contribution in [-0.2, 0) is 4.74 Å². The number of aromatic nitrogens is 1. The molecule has 0 saturated carbocycles. The highest BCUT2D eigenvalue weighted by molar-refractivity contribution is 5.40. The Morgan fingerprint density at radius 2 is 2.18 bits per heavy atom. The van der Waals surface area contributed by atoms with Crippen LogP contribution in [0.15, 0.2) is 18.3 Å². The van der Waals surface area contributed by atoms with E-state index in [0.717, 1.165) is 44.8 Å².